The lowest BCUT2D eigenvalue weighted by atomic mass is 10.2. The first-order valence-corrected chi connectivity index (χ1v) is 9.97. The molecule has 0 radical (unpaired) electrons. The highest BCUT2D eigenvalue weighted by Crippen LogP contribution is 2.18. The highest BCUT2D eigenvalue weighted by molar-refractivity contribution is 9.10. The van der Waals surface area contributed by atoms with Gasteiger partial charge < -0.3 is 9.47 Å². The number of nitrogens with one attached hydrogen (secondary N) is 1. The van der Waals surface area contributed by atoms with Crippen LogP contribution in [-0.2, 0) is 6.61 Å². The molecule has 29 heavy (non-hydrogen) atoms. The molecule has 0 spiro atoms. The third-order valence-corrected chi connectivity index (χ3v) is 4.46. The van der Waals surface area contributed by atoms with Gasteiger partial charge in [0.1, 0.15) is 18.1 Å². The number of nitrogens with zero attached hydrogens (tertiary/aromatic N) is 1. The smallest absolute Gasteiger partial charge is 0.275 e. The van der Waals surface area contributed by atoms with E-state index in [1.165, 1.54) is 0 Å². The largest absolute Gasteiger partial charge is 0.493 e. The molecule has 1 amide bonds. The Bertz CT molecular complexity index is 1000. The fraction of sp³-hybridized carbons (Fsp3) is 0.130. The first-order valence-electron chi connectivity index (χ1n) is 9.18. The van der Waals surface area contributed by atoms with E-state index < -0.39 is 0 Å². The molecule has 3 aromatic rings. The number of carbonyl (C=O) groups excluding carboxylic acids is 1. The first kappa shape index (κ1) is 20.6. The Morgan fingerprint density at radius 3 is 2.69 bits per heavy atom. The van der Waals surface area contributed by atoms with Gasteiger partial charge in [-0.3, -0.25) is 4.79 Å². The van der Waals surface area contributed by atoms with Crippen molar-refractivity contribution in [3.63, 3.8) is 0 Å². The summed E-state index contributed by atoms with van der Waals surface area (Å²) >= 11 is 3.45. The first-order chi connectivity index (χ1) is 14.2. The maximum absolute atomic E-state index is 12.4. The lowest BCUT2D eigenvalue weighted by Gasteiger charge is -2.08. The Balaban J connectivity index is 1.60. The Kier molecular flexibility index (Phi) is 7.41. The minimum absolute atomic E-state index is 0.327. The summed E-state index contributed by atoms with van der Waals surface area (Å²) < 4.78 is 12.3. The van der Waals surface area contributed by atoms with E-state index in [4.69, 9.17) is 9.47 Å². The van der Waals surface area contributed by atoms with Gasteiger partial charge >= 0.3 is 0 Å². The van der Waals surface area contributed by atoms with Crippen LogP contribution < -0.4 is 14.9 Å². The molecule has 3 aromatic carbocycles. The molecule has 0 bridgehead atoms. The Morgan fingerprint density at radius 1 is 1.03 bits per heavy atom. The van der Waals surface area contributed by atoms with Crippen LogP contribution in [0.2, 0.25) is 0 Å². The van der Waals surface area contributed by atoms with E-state index >= 15 is 0 Å². The molecule has 0 saturated heterocycles. The van der Waals surface area contributed by atoms with Crippen LogP contribution in [0.4, 0.5) is 0 Å². The van der Waals surface area contributed by atoms with Crippen LogP contribution in [0.25, 0.3) is 0 Å². The van der Waals surface area contributed by atoms with E-state index in [-0.39, 0.29) is 5.91 Å². The molecular formula is C23H21BrN2O3. The molecule has 0 aromatic heterocycles. The fourth-order valence-corrected chi connectivity index (χ4v) is 3.09. The highest BCUT2D eigenvalue weighted by Gasteiger charge is 2.10. The molecule has 0 heterocycles. The number of benzene rings is 3. The summed E-state index contributed by atoms with van der Waals surface area (Å²) in [7, 11) is 0. The number of hydrogen-bond donors (Lipinski definition) is 1. The summed E-state index contributed by atoms with van der Waals surface area (Å²) in [5, 5.41) is 4.05. The predicted octanol–water partition coefficient (Wildman–Crippen LogP) is 5.19. The van der Waals surface area contributed by atoms with E-state index in [1.807, 2.05) is 61.5 Å². The van der Waals surface area contributed by atoms with E-state index in [0.29, 0.717) is 24.5 Å². The van der Waals surface area contributed by atoms with Gasteiger partial charge in [0.25, 0.3) is 5.91 Å². The van der Waals surface area contributed by atoms with Gasteiger partial charge in [-0.2, -0.15) is 5.10 Å². The van der Waals surface area contributed by atoms with Gasteiger partial charge in [0.15, 0.2) is 0 Å². The van der Waals surface area contributed by atoms with Gasteiger partial charge in [-0.15, -0.1) is 0 Å². The number of carbonyl (C=O) groups is 1. The normalized spacial score (nSPS) is 10.7. The monoisotopic (exact) mass is 452 g/mol. The van der Waals surface area contributed by atoms with Crippen LogP contribution in [-0.4, -0.2) is 18.7 Å². The van der Waals surface area contributed by atoms with Gasteiger partial charge in [0, 0.05) is 4.47 Å². The number of para-hydroxylation sites is 1. The molecule has 5 nitrogen and oxygen atoms in total. The van der Waals surface area contributed by atoms with Gasteiger partial charge in [0.05, 0.1) is 18.4 Å². The zero-order valence-electron chi connectivity index (χ0n) is 16.0. The Labute approximate surface area is 178 Å². The summed E-state index contributed by atoms with van der Waals surface area (Å²) in [5.74, 6) is 0.931. The van der Waals surface area contributed by atoms with Crippen LogP contribution in [0.3, 0.4) is 0 Å². The molecule has 0 aliphatic heterocycles. The molecule has 0 saturated carbocycles. The van der Waals surface area contributed by atoms with Crippen molar-refractivity contribution in [2.24, 2.45) is 5.10 Å². The number of hydrazone groups is 1. The molecule has 1 N–H and O–H groups in total. The van der Waals surface area contributed by atoms with E-state index in [1.54, 1.807) is 24.4 Å². The minimum atomic E-state index is -0.327. The van der Waals surface area contributed by atoms with Gasteiger partial charge in [-0.1, -0.05) is 52.3 Å². The van der Waals surface area contributed by atoms with Crippen molar-refractivity contribution >= 4 is 28.1 Å². The number of hydrogen-bond acceptors (Lipinski definition) is 4. The second-order valence-corrected chi connectivity index (χ2v) is 7.04. The van der Waals surface area contributed by atoms with Crippen molar-refractivity contribution in [3.05, 3.63) is 94.0 Å². The van der Waals surface area contributed by atoms with Crippen molar-refractivity contribution in [1.29, 1.82) is 0 Å². The summed E-state index contributed by atoms with van der Waals surface area (Å²) in [6, 6.07) is 22.5. The van der Waals surface area contributed by atoms with Crippen molar-refractivity contribution in [2.75, 3.05) is 6.61 Å². The van der Waals surface area contributed by atoms with Gasteiger partial charge in [0.2, 0.25) is 0 Å². The average molecular weight is 453 g/mol. The molecule has 0 fully saturated rings. The summed E-state index contributed by atoms with van der Waals surface area (Å²) in [4.78, 5) is 12.4. The number of rotatable bonds is 8. The molecule has 0 aliphatic rings. The highest BCUT2D eigenvalue weighted by atomic mass is 79.9. The molecular weight excluding hydrogens is 432 g/mol. The number of amides is 1. The quantitative estimate of drug-likeness (QED) is 0.377. The minimum Gasteiger partial charge on any atom is -0.493 e. The molecule has 148 valence electrons. The summed E-state index contributed by atoms with van der Waals surface area (Å²) in [6.45, 7) is 2.82. The number of halogens is 1. The third-order valence-electron chi connectivity index (χ3n) is 3.96. The molecule has 6 heteroatoms. The number of ether oxygens (including phenoxy) is 2. The zero-order chi connectivity index (χ0) is 20.5. The van der Waals surface area contributed by atoms with Crippen molar-refractivity contribution in [2.45, 2.75) is 13.5 Å². The van der Waals surface area contributed by atoms with Crippen LogP contribution in [0.15, 0.2) is 82.4 Å². The third kappa shape index (κ3) is 6.19. The van der Waals surface area contributed by atoms with Crippen LogP contribution in [0.1, 0.15) is 28.4 Å². The molecule has 0 atom stereocenters. The van der Waals surface area contributed by atoms with Crippen molar-refractivity contribution in [3.8, 4) is 11.5 Å². The van der Waals surface area contributed by atoms with Gasteiger partial charge in [-0.05, 0) is 54.4 Å². The SMILES string of the molecule is CCOc1ccccc1C(=O)NN=Cc1cccc(OCc2cccc(Br)c2)c1. The van der Waals surface area contributed by atoms with E-state index in [9.17, 15) is 4.79 Å². The standard InChI is InChI=1S/C23H21BrN2O3/c1-2-28-22-12-4-3-11-21(22)23(27)26-25-15-17-7-6-10-20(14-17)29-16-18-8-5-9-19(24)13-18/h3-15H,2,16H2,1H3,(H,26,27). The Morgan fingerprint density at radius 2 is 1.86 bits per heavy atom. The second kappa shape index (κ2) is 10.4. The topological polar surface area (TPSA) is 59.9 Å². The second-order valence-electron chi connectivity index (χ2n) is 6.12. The maximum Gasteiger partial charge on any atom is 0.275 e. The van der Waals surface area contributed by atoms with Crippen LogP contribution in [0, 0.1) is 0 Å². The van der Waals surface area contributed by atoms with Crippen molar-refractivity contribution in [1.82, 2.24) is 5.43 Å². The Hall–Kier alpha value is -3.12. The summed E-state index contributed by atoms with van der Waals surface area (Å²) in [6.07, 6.45) is 1.58. The molecule has 3 rings (SSSR count). The van der Waals surface area contributed by atoms with Crippen LogP contribution in [0.5, 0.6) is 11.5 Å². The lowest BCUT2D eigenvalue weighted by molar-refractivity contribution is 0.0951. The molecule has 0 unspecified atom stereocenters. The lowest BCUT2D eigenvalue weighted by Crippen LogP contribution is -2.18. The van der Waals surface area contributed by atoms with Crippen molar-refractivity contribution < 1.29 is 14.3 Å². The van der Waals surface area contributed by atoms with E-state index in [2.05, 4.69) is 26.5 Å². The summed E-state index contributed by atoms with van der Waals surface area (Å²) in [5.41, 5.74) is 4.86. The van der Waals surface area contributed by atoms with E-state index in [0.717, 1.165) is 21.3 Å². The maximum atomic E-state index is 12.4. The predicted molar refractivity (Wildman–Crippen MR) is 118 cm³/mol. The van der Waals surface area contributed by atoms with Crippen LogP contribution >= 0.6 is 15.9 Å². The van der Waals surface area contributed by atoms with Gasteiger partial charge in [-0.25, -0.2) is 5.43 Å². The zero-order valence-corrected chi connectivity index (χ0v) is 17.6. The molecule has 0 aliphatic carbocycles. The average Bonchev–Trinajstić information content (AvgIpc) is 2.73. The fourth-order valence-electron chi connectivity index (χ4n) is 2.64.